The first kappa shape index (κ1) is 15.2. The van der Waals surface area contributed by atoms with Gasteiger partial charge in [0.05, 0.1) is 13.2 Å². The molecule has 0 N–H and O–H groups in total. The van der Waals surface area contributed by atoms with E-state index in [1.807, 2.05) is 0 Å². The number of methoxy groups -OCH3 is 1. The Balaban J connectivity index is 1.96. The molecule has 2 aliphatic heterocycles. The fourth-order valence-electron chi connectivity index (χ4n) is 2.71. The van der Waals surface area contributed by atoms with Crippen LogP contribution in [0.3, 0.4) is 0 Å². The molecule has 0 amide bonds. The highest BCUT2D eigenvalue weighted by Crippen LogP contribution is 2.21. The largest absolute Gasteiger partial charge is 0.384 e. The normalized spacial score (nSPS) is 28.2. The molecule has 0 aromatic carbocycles. The predicted molar refractivity (Wildman–Crippen MR) is 72.1 cm³/mol. The molecule has 0 saturated carbocycles. The van der Waals surface area contributed by atoms with Crippen LogP contribution in [-0.2, 0) is 19.7 Å². The number of morpholine rings is 1. The van der Waals surface area contributed by atoms with Crippen LogP contribution in [0.4, 0.5) is 0 Å². The first-order valence-electron chi connectivity index (χ1n) is 6.96. The molecule has 2 aliphatic rings. The van der Waals surface area contributed by atoms with Crippen molar-refractivity contribution >= 4 is 10.2 Å². The molecule has 7 heteroatoms. The zero-order valence-corrected chi connectivity index (χ0v) is 12.4. The Kier molecular flexibility index (Phi) is 5.58. The third kappa shape index (κ3) is 3.88. The Morgan fingerprint density at radius 2 is 1.79 bits per heavy atom. The van der Waals surface area contributed by atoms with Gasteiger partial charge >= 0.3 is 0 Å². The van der Waals surface area contributed by atoms with Gasteiger partial charge in [-0.05, 0) is 25.2 Å². The van der Waals surface area contributed by atoms with Crippen LogP contribution in [0.15, 0.2) is 0 Å². The Bertz CT molecular complexity index is 368. The maximum Gasteiger partial charge on any atom is 0.282 e. The van der Waals surface area contributed by atoms with Gasteiger partial charge in [0, 0.05) is 39.9 Å². The van der Waals surface area contributed by atoms with Crippen molar-refractivity contribution in [2.24, 2.45) is 5.92 Å². The monoisotopic (exact) mass is 292 g/mol. The van der Waals surface area contributed by atoms with Gasteiger partial charge in [-0.15, -0.1) is 0 Å². The van der Waals surface area contributed by atoms with Crippen LogP contribution < -0.4 is 0 Å². The van der Waals surface area contributed by atoms with Gasteiger partial charge in [0.1, 0.15) is 0 Å². The third-order valence-corrected chi connectivity index (χ3v) is 5.87. The minimum absolute atomic E-state index is 0.473. The van der Waals surface area contributed by atoms with Gasteiger partial charge in [0.15, 0.2) is 0 Å². The number of nitrogens with zero attached hydrogens (tertiary/aromatic N) is 2. The summed E-state index contributed by atoms with van der Waals surface area (Å²) in [5.41, 5.74) is 0. The standard InChI is InChI=1S/C12H24N2O4S/c1-17-11-12-3-2-5-13(6-4-12)19(15,16)14-7-9-18-10-8-14/h12H,2-11H2,1H3. The number of hydrogen-bond acceptors (Lipinski definition) is 4. The number of hydrogen-bond donors (Lipinski definition) is 0. The van der Waals surface area contributed by atoms with Crippen LogP contribution in [0.5, 0.6) is 0 Å². The average molecular weight is 292 g/mol. The van der Waals surface area contributed by atoms with E-state index in [1.165, 1.54) is 0 Å². The van der Waals surface area contributed by atoms with Crippen molar-refractivity contribution < 1.29 is 17.9 Å². The van der Waals surface area contributed by atoms with Crippen LogP contribution in [0.2, 0.25) is 0 Å². The van der Waals surface area contributed by atoms with E-state index in [9.17, 15) is 8.42 Å². The van der Waals surface area contributed by atoms with E-state index in [0.29, 0.717) is 45.3 Å². The minimum Gasteiger partial charge on any atom is -0.384 e. The van der Waals surface area contributed by atoms with Crippen molar-refractivity contribution in [1.82, 2.24) is 8.61 Å². The lowest BCUT2D eigenvalue weighted by atomic mass is 10.0. The van der Waals surface area contributed by atoms with Crippen LogP contribution >= 0.6 is 0 Å². The van der Waals surface area contributed by atoms with E-state index in [4.69, 9.17) is 9.47 Å². The molecule has 0 aromatic rings. The van der Waals surface area contributed by atoms with Gasteiger partial charge in [0.2, 0.25) is 0 Å². The van der Waals surface area contributed by atoms with Crippen molar-refractivity contribution in [1.29, 1.82) is 0 Å². The van der Waals surface area contributed by atoms with E-state index in [1.54, 1.807) is 15.7 Å². The molecule has 0 aliphatic carbocycles. The Morgan fingerprint density at radius 3 is 2.47 bits per heavy atom. The van der Waals surface area contributed by atoms with Crippen molar-refractivity contribution in [2.45, 2.75) is 19.3 Å². The van der Waals surface area contributed by atoms with Crippen molar-refractivity contribution in [3.8, 4) is 0 Å². The first-order chi connectivity index (χ1) is 9.14. The van der Waals surface area contributed by atoms with Gasteiger partial charge < -0.3 is 9.47 Å². The lowest BCUT2D eigenvalue weighted by Gasteiger charge is -2.31. The average Bonchev–Trinajstić information content (AvgIpc) is 2.66. The highest BCUT2D eigenvalue weighted by Gasteiger charge is 2.32. The lowest BCUT2D eigenvalue weighted by molar-refractivity contribution is 0.0701. The zero-order chi connectivity index (χ0) is 13.7. The maximum atomic E-state index is 12.5. The van der Waals surface area contributed by atoms with Gasteiger partial charge in [-0.25, -0.2) is 0 Å². The smallest absolute Gasteiger partial charge is 0.282 e. The van der Waals surface area contributed by atoms with E-state index in [0.717, 1.165) is 25.9 Å². The van der Waals surface area contributed by atoms with Crippen molar-refractivity contribution in [2.75, 3.05) is 53.1 Å². The second-order valence-electron chi connectivity index (χ2n) is 5.17. The van der Waals surface area contributed by atoms with Crippen molar-refractivity contribution in [3.63, 3.8) is 0 Å². The minimum atomic E-state index is -3.30. The van der Waals surface area contributed by atoms with E-state index >= 15 is 0 Å². The highest BCUT2D eigenvalue weighted by molar-refractivity contribution is 7.86. The van der Waals surface area contributed by atoms with Crippen LogP contribution in [0, 0.1) is 5.92 Å². The second kappa shape index (κ2) is 6.99. The summed E-state index contributed by atoms with van der Waals surface area (Å²) >= 11 is 0. The van der Waals surface area contributed by atoms with Crippen molar-refractivity contribution in [3.05, 3.63) is 0 Å². The van der Waals surface area contributed by atoms with Gasteiger partial charge in [-0.1, -0.05) is 0 Å². The molecule has 0 radical (unpaired) electrons. The topological polar surface area (TPSA) is 59.1 Å². The molecular weight excluding hydrogens is 268 g/mol. The summed E-state index contributed by atoms with van der Waals surface area (Å²) in [4.78, 5) is 0. The summed E-state index contributed by atoms with van der Waals surface area (Å²) in [6.45, 7) is 3.90. The number of ether oxygens (including phenoxy) is 2. The summed E-state index contributed by atoms with van der Waals surface area (Å²) in [5.74, 6) is 0.481. The summed E-state index contributed by atoms with van der Waals surface area (Å²) in [6, 6.07) is 0. The van der Waals surface area contributed by atoms with E-state index in [2.05, 4.69) is 0 Å². The second-order valence-corrected chi connectivity index (χ2v) is 7.10. The zero-order valence-electron chi connectivity index (χ0n) is 11.6. The molecule has 2 saturated heterocycles. The summed E-state index contributed by atoms with van der Waals surface area (Å²) in [6.07, 6.45) is 2.85. The first-order valence-corrected chi connectivity index (χ1v) is 8.36. The summed E-state index contributed by atoms with van der Waals surface area (Å²) in [5, 5.41) is 0. The van der Waals surface area contributed by atoms with Gasteiger partial charge in [0.25, 0.3) is 10.2 Å². The summed E-state index contributed by atoms with van der Waals surface area (Å²) in [7, 11) is -1.60. The SMILES string of the molecule is COCC1CCCN(S(=O)(=O)N2CCOCC2)CC1. The highest BCUT2D eigenvalue weighted by atomic mass is 32.2. The molecule has 6 nitrogen and oxygen atoms in total. The molecule has 0 spiro atoms. The molecule has 2 fully saturated rings. The molecular formula is C12H24N2O4S. The lowest BCUT2D eigenvalue weighted by Crippen LogP contribution is -2.48. The van der Waals surface area contributed by atoms with Crippen LogP contribution in [0.1, 0.15) is 19.3 Å². The van der Waals surface area contributed by atoms with Crippen LogP contribution in [-0.4, -0.2) is 70.1 Å². The fraction of sp³-hybridized carbons (Fsp3) is 1.00. The van der Waals surface area contributed by atoms with Gasteiger partial charge in [-0.3, -0.25) is 0 Å². The Labute approximate surface area is 115 Å². The molecule has 2 heterocycles. The molecule has 1 unspecified atom stereocenters. The van der Waals surface area contributed by atoms with Crippen LogP contribution in [0.25, 0.3) is 0 Å². The van der Waals surface area contributed by atoms with E-state index < -0.39 is 10.2 Å². The molecule has 112 valence electrons. The fourth-order valence-corrected chi connectivity index (χ4v) is 4.35. The molecule has 2 rings (SSSR count). The molecule has 0 aromatic heterocycles. The molecule has 1 atom stereocenters. The maximum absolute atomic E-state index is 12.5. The Hall–Kier alpha value is -0.210. The summed E-state index contributed by atoms with van der Waals surface area (Å²) < 4.78 is 38.6. The predicted octanol–water partition coefficient (Wildman–Crippen LogP) is 0.312. The molecule has 0 bridgehead atoms. The van der Waals surface area contributed by atoms with E-state index in [-0.39, 0.29) is 0 Å². The third-order valence-electron chi connectivity index (χ3n) is 3.83. The Morgan fingerprint density at radius 1 is 1.11 bits per heavy atom. The number of rotatable bonds is 4. The van der Waals surface area contributed by atoms with Gasteiger partial charge in [-0.2, -0.15) is 17.0 Å². The molecule has 19 heavy (non-hydrogen) atoms. The quantitative estimate of drug-likeness (QED) is 0.748.